The van der Waals surface area contributed by atoms with Gasteiger partial charge in [-0.1, -0.05) is 12.1 Å². The van der Waals surface area contributed by atoms with Gasteiger partial charge >= 0.3 is 6.18 Å². The molecule has 19 heteroatoms. The number of aromatic nitrogens is 3. The van der Waals surface area contributed by atoms with Crippen LogP contribution >= 0.6 is 11.3 Å². The van der Waals surface area contributed by atoms with Crippen LogP contribution in [0.1, 0.15) is 49.1 Å². The number of nitrogens with zero attached hydrogens (tertiary/aromatic N) is 3. The molecule has 0 radical (unpaired) electrons. The van der Waals surface area contributed by atoms with Gasteiger partial charge in [0.15, 0.2) is 5.82 Å². The van der Waals surface area contributed by atoms with E-state index in [1.807, 2.05) is 0 Å². The number of sulfonamides is 1. The average Bonchev–Trinajstić information content (AvgIpc) is 3.74. The minimum absolute atomic E-state index is 0.0173. The van der Waals surface area contributed by atoms with E-state index in [9.17, 15) is 43.2 Å². The fraction of sp³-hybridized carbons (Fsp3) is 0.387. The van der Waals surface area contributed by atoms with Gasteiger partial charge in [-0.3, -0.25) is 4.72 Å². The van der Waals surface area contributed by atoms with Crippen molar-refractivity contribution in [3.8, 4) is 21.8 Å². The number of hydrogen-bond acceptors (Lipinski definition) is 9. The highest BCUT2D eigenvalue weighted by atomic mass is 32.2. The van der Waals surface area contributed by atoms with E-state index in [1.54, 1.807) is 4.72 Å². The minimum Gasteiger partial charge on any atom is -0.351 e. The molecule has 4 aromatic rings. The summed E-state index contributed by atoms with van der Waals surface area (Å²) in [6, 6.07) is 6.11. The molecule has 0 aliphatic heterocycles. The summed E-state index contributed by atoms with van der Waals surface area (Å²) in [5.41, 5.74) is -4.64. The van der Waals surface area contributed by atoms with Crippen molar-refractivity contribution in [3.05, 3.63) is 70.9 Å². The molecule has 9 nitrogen and oxygen atoms in total. The zero-order chi connectivity index (χ0) is 36.2. The summed E-state index contributed by atoms with van der Waals surface area (Å²) in [4.78, 5) is 11.5. The zero-order valence-corrected chi connectivity index (χ0v) is 28.4. The Hall–Kier alpha value is -3.84. The Labute approximate surface area is 286 Å². The van der Waals surface area contributed by atoms with Crippen molar-refractivity contribution in [2.24, 2.45) is 0 Å². The Morgan fingerprint density at radius 2 is 1.62 bits per heavy atom. The lowest BCUT2D eigenvalue weighted by Crippen LogP contribution is -2.32. The Balaban J connectivity index is 1.37. The summed E-state index contributed by atoms with van der Waals surface area (Å²) in [6.07, 6.45) is -3.37. The molecule has 0 saturated heterocycles. The molecule has 6 rings (SSSR count). The average molecular weight is 764 g/mol. The third-order valence-electron chi connectivity index (χ3n) is 8.80. The maximum Gasteiger partial charge on any atom is 0.417 e. The van der Waals surface area contributed by atoms with E-state index in [0.717, 1.165) is 17.4 Å². The van der Waals surface area contributed by atoms with E-state index in [1.165, 1.54) is 30.7 Å². The Morgan fingerprint density at radius 3 is 2.24 bits per heavy atom. The number of hydrogen-bond donors (Lipinski definition) is 2. The summed E-state index contributed by atoms with van der Waals surface area (Å²) >= 11 is 0.838. The molecule has 50 heavy (non-hydrogen) atoms. The van der Waals surface area contributed by atoms with Crippen LogP contribution in [0, 0.1) is 11.6 Å². The van der Waals surface area contributed by atoms with Crippen LogP contribution < -0.4 is 10.0 Å². The van der Waals surface area contributed by atoms with Gasteiger partial charge in [0, 0.05) is 24.1 Å². The molecular weight excluding hydrogens is 736 g/mol. The molecule has 2 aromatic heterocycles. The summed E-state index contributed by atoms with van der Waals surface area (Å²) in [5.74, 6) is -2.89. The molecule has 2 N–H and O–H groups in total. The normalized spacial score (nSPS) is 19.4. The molecule has 2 aliphatic carbocycles. The van der Waals surface area contributed by atoms with Crippen LogP contribution in [0.25, 0.3) is 21.8 Å². The van der Waals surface area contributed by atoms with Gasteiger partial charge in [-0.15, -0.1) is 11.3 Å². The molecule has 0 bridgehead atoms. The van der Waals surface area contributed by atoms with Gasteiger partial charge in [-0.2, -0.15) is 13.2 Å². The number of rotatable bonds is 10. The van der Waals surface area contributed by atoms with Crippen molar-refractivity contribution >= 4 is 42.8 Å². The predicted molar refractivity (Wildman–Crippen MR) is 172 cm³/mol. The van der Waals surface area contributed by atoms with Crippen molar-refractivity contribution in [1.29, 1.82) is 0 Å². The lowest BCUT2D eigenvalue weighted by Gasteiger charge is -2.28. The van der Waals surface area contributed by atoms with E-state index in [-0.39, 0.29) is 51.7 Å². The summed E-state index contributed by atoms with van der Waals surface area (Å²) < 4.78 is 152. The van der Waals surface area contributed by atoms with E-state index < -0.39 is 70.9 Å². The molecule has 268 valence electrons. The fourth-order valence-electron chi connectivity index (χ4n) is 5.92. The number of alkyl halides is 5. The topological polar surface area (TPSA) is 131 Å². The molecule has 2 aromatic carbocycles. The van der Waals surface area contributed by atoms with E-state index >= 15 is 4.39 Å². The molecule has 2 fully saturated rings. The van der Waals surface area contributed by atoms with E-state index in [4.69, 9.17) is 0 Å². The highest BCUT2D eigenvalue weighted by Gasteiger charge is 2.55. The number of nitrogens with one attached hydrogen (secondary N) is 2. The minimum atomic E-state index is -5.36. The molecule has 0 atom stereocenters. The smallest absolute Gasteiger partial charge is 0.351 e. The second-order valence-corrected chi connectivity index (χ2v) is 17.2. The van der Waals surface area contributed by atoms with E-state index in [2.05, 4.69) is 20.3 Å². The number of benzene rings is 2. The van der Waals surface area contributed by atoms with Crippen molar-refractivity contribution < 1.29 is 47.6 Å². The highest BCUT2D eigenvalue weighted by Crippen LogP contribution is 2.56. The highest BCUT2D eigenvalue weighted by molar-refractivity contribution is 7.92. The third kappa shape index (κ3) is 7.03. The Bertz CT molecular complexity index is 2150. The second-order valence-electron chi connectivity index (χ2n) is 12.3. The van der Waals surface area contributed by atoms with Crippen LogP contribution in [0.3, 0.4) is 0 Å². The van der Waals surface area contributed by atoms with Gasteiger partial charge < -0.3 is 5.32 Å². The monoisotopic (exact) mass is 763 g/mol. The Morgan fingerprint density at radius 1 is 0.940 bits per heavy atom. The van der Waals surface area contributed by atoms with Gasteiger partial charge in [-0.05, 0) is 68.9 Å². The first kappa shape index (κ1) is 36.0. The van der Waals surface area contributed by atoms with Crippen molar-refractivity contribution in [3.63, 3.8) is 0 Å². The van der Waals surface area contributed by atoms with Crippen LogP contribution in [0.2, 0.25) is 0 Å². The van der Waals surface area contributed by atoms with Gasteiger partial charge in [0.2, 0.25) is 12.4 Å². The largest absolute Gasteiger partial charge is 0.417 e. The van der Waals surface area contributed by atoms with Crippen LogP contribution in [-0.2, 0) is 31.5 Å². The number of halogens is 7. The molecule has 2 aliphatic rings. The zero-order valence-electron chi connectivity index (χ0n) is 25.9. The maximum absolute atomic E-state index is 16.2. The maximum atomic E-state index is 16.2. The molecule has 0 unspecified atom stereocenters. The van der Waals surface area contributed by atoms with Crippen molar-refractivity contribution in [2.45, 2.75) is 72.7 Å². The van der Waals surface area contributed by atoms with Crippen molar-refractivity contribution in [1.82, 2.24) is 15.0 Å². The van der Waals surface area contributed by atoms with Crippen LogP contribution in [-0.4, -0.2) is 55.8 Å². The Kier molecular flexibility index (Phi) is 9.38. The lowest BCUT2D eigenvalue weighted by atomic mass is 9.95. The van der Waals surface area contributed by atoms with E-state index in [0.29, 0.717) is 43.9 Å². The summed E-state index contributed by atoms with van der Waals surface area (Å²) in [6.45, 7) is 0. The summed E-state index contributed by atoms with van der Waals surface area (Å²) in [5, 5.41) is 2.69. The first-order valence-corrected chi connectivity index (χ1v) is 19.4. The van der Waals surface area contributed by atoms with Gasteiger partial charge in [0.05, 0.1) is 38.2 Å². The summed E-state index contributed by atoms with van der Waals surface area (Å²) in [7, 11) is -8.55. The number of thiazole rings is 1. The molecule has 2 saturated carbocycles. The number of sulfone groups is 1. The third-order valence-corrected chi connectivity index (χ3v) is 13.2. The molecule has 0 spiro atoms. The first-order chi connectivity index (χ1) is 23.4. The van der Waals surface area contributed by atoms with Crippen LogP contribution in [0.4, 0.5) is 42.4 Å². The van der Waals surface area contributed by atoms with Gasteiger partial charge in [-0.25, -0.2) is 49.3 Å². The van der Waals surface area contributed by atoms with Crippen molar-refractivity contribution in [2.75, 3.05) is 16.3 Å². The molecular formula is C31H28F7N5O4S3. The standard InChI is InChI=1S/C31H28F7N5O4S3/c1-49(44,45)17-10-8-16(9-11-17)40-29-39-15-12-22(41-29)25-24(42-28(48-25)30(13-14-30)27(34)35)18-4-2-7-21(23(18)33)43-50(46,47)26-19(31(36,37)38)5-3-6-20(26)32/h2-7,12,15-17,27,43H,8-11,13-14H2,1H3,(H,39,40,41). The first-order valence-electron chi connectivity index (χ1n) is 15.2. The quantitative estimate of drug-likeness (QED) is 0.160. The van der Waals surface area contributed by atoms with Crippen LogP contribution in [0.5, 0.6) is 0 Å². The van der Waals surface area contributed by atoms with Gasteiger partial charge in [0.25, 0.3) is 10.0 Å². The number of anilines is 2. The molecule has 2 heterocycles. The van der Waals surface area contributed by atoms with Crippen LogP contribution in [0.15, 0.2) is 53.6 Å². The SMILES string of the molecule is CS(=O)(=O)C1CCC(Nc2nccc(-c3sc(C4(C(F)F)CC4)nc3-c3cccc(NS(=O)(=O)c4c(F)cccc4C(F)(F)F)c3F)n2)CC1. The fourth-order valence-corrected chi connectivity index (χ4v) is 9.69. The molecule has 0 amide bonds. The van der Waals surface area contributed by atoms with Gasteiger partial charge in [0.1, 0.15) is 25.6 Å². The second kappa shape index (κ2) is 13.0. The predicted octanol–water partition coefficient (Wildman–Crippen LogP) is 7.43. The lowest BCUT2D eigenvalue weighted by molar-refractivity contribution is -0.140.